The number of Topliss-reactive ketones (excluding diaryl/α,β-unsaturated/α-hetero) is 1. The molecule has 11 heteroatoms. The second-order valence-electron chi connectivity index (χ2n) is 11.0. The van der Waals surface area contributed by atoms with Gasteiger partial charge in [-0.15, -0.1) is 22.6 Å². The summed E-state index contributed by atoms with van der Waals surface area (Å²) in [6.45, 7) is 4.85. The van der Waals surface area contributed by atoms with Gasteiger partial charge in [0.15, 0.2) is 0 Å². The third kappa shape index (κ3) is 9.25. The van der Waals surface area contributed by atoms with Gasteiger partial charge in [0.1, 0.15) is 5.54 Å². The molecule has 3 rings (SSSR count). The van der Waals surface area contributed by atoms with Crippen molar-refractivity contribution in [1.82, 2.24) is 25.7 Å². The van der Waals surface area contributed by atoms with Crippen molar-refractivity contribution in [2.24, 2.45) is 11.8 Å². The summed E-state index contributed by atoms with van der Waals surface area (Å²) < 4.78 is 5.64. The molecule has 1 aromatic rings. The van der Waals surface area contributed by atoms with Crippen LogP contribution in [0.1, 0.15) is 95.2 Å². The van der Waals surface area contributed by atoms with E-state index in [2.05, 4.69) is 25.7 Å². The molecule has 1 aromatic heterocycles. The molecule has 0 bridgehead atoms. The highest BCUT2D eigenvalue weighted by Crippen LogP contribution is 2.31. The van der Waals surface area contributed by atoms with Crippen LogP contribution in [-0.4, -0.2) is 70.7 Å². The molecule has 210 valence electrons. The fraction of sp³-hybridized carbons (Fsp3) is 0.808. The van der Waals surface area contributed by atoms with E-state index in [9.17, 15) is 14.4 Å². The molecule has 2 aliphatic rings. The van der Waals surface area contributed by atoms with E-state index in [0.29, 0.717) is 24.5 Å². The first kappa shape index (κ1) is 31.6. The number of halogens is 1. The van der Waals surface area contributed by atoms with Crippen LogP contribution >= 0.6 is 24.2 Å². The normalized spacial score (nSPS) is 18.8. The van der Waals surface area contributed by atoms with Gasteiger partial charge in [-0.25, -0.2) is 0 Å². The average molecular weight is 558 g/mol. The van der Waals surface area contributed by atoms with Gasteiger partial charge in [-0.3, -0.25) is 14.4 Å². The van der Waals surface area contributed by atoms with Crippen LogP contribution in [-0.2, 0) is 9.59 Å². The molecule has 1 unspecified atom stereocenters. The Bertz CT molecular complexity index is 882. The Labute approximate surface area is 231 Å². The molecule has 1 heterocycles. The SMILES string of the molecule is CC(C)CC(NC(=O)C1(NC(=O)C2CCCCC2)CCCCC1)C(=O)c1nnc(SCCN(C)C)o1.Cl. The Hall–Kier alpha value is -1.65. The summed E-state index contributed by atoms with van der Waals surface area (Å²) in [6, 6.07) is -0.789. The molecule has 2 saturated carbocycles. The van der Waals surface area contributed by atoms with E-state index < -0.39 is 11.6 Å². The summed E-state index contributed by atoms with van der Waals surface area (Å²) in [7, 11) is 3.97. The van der Waals surface area contributed by atoms with Gasteiger partial charge in [0.05, 0.1) is 6.04 Å². The quantitative estimate of drug-likeness (QED) is 0.289. The molecule has 37 heavy (non-hydrogen) atoms. The molecule has 0 aliphatic heterocycles. The van der Waals surface area contributed by atoms with Gasteiger partial charge in [0, 0.05) is 18.2 Å². The number of hydrogen-bond acceptors (Lipinski definition) is 8. The molecule has 0 spiro atoms. The Balaban J connectivity index is 0.00000481. The van der Waals surface area contributed by atoms with Gasteiger partial charge in [-0.05, 0) is 52.1 Å². The number of aromatic nitrogens is 2. The number of carbonyl (C=O) groups is 3. The lowest BCUT2D eigenvalue weighted by Crippen LogP contribution is -2.62. The second kappa shape index (κ2) is 15.1. The van der Waals surface area contributed by atoms with Crippen LogP contribution in [0, 0.1) is 11.8 Å². The number of amides is 2. The topological polar surface area (TPSA) is 117 Å². The molecule has 2 amide bonds. The van der Waals surface area contributed by atoms with Crippen molar-refractivity contribution in [2.75, 3.05) is 26.4 Å². The van der Waals surface area contributed by atoms with E-state index in [-0.39, 0.29) is 47.7 Å². The van der Waals surface area contributed by atoms with Gasteiger partial charge in [-0.2, -0.15) is 0 Å². The van der Waals surface area contributed by atoms with Gasteiger partial charge in [-0.1, -0.05) is 64.1 Å². The minimum atomic E-state index is -0.968. The van der Waals surface area contributed by atoms with Crippen LogP contribution in [0.4, 0.5) is 0 Å². The second-order valence-corrected chi connectivity index (χ2v) is 12.1. The van der Waals surface area contributed by atoms with Crippen molar-refractivity contribution in [3.8, 4) is 0 Å². The summed E-state index contributed by atoms with van der Waals surface area (Å²) in [5.74, 6) is 0.139. The van der Waals surface area contributed by atoms with Crippen molar-refractivity contribution in [3.63, 3.8) is 0 Å². The van der Waals surface area contributed by atoms with E-state index in [1.54, 1.807) is 0 Å². The number of nitrogens with zero attached hydrogens (tertiary/aromatic N) is 3. The minimum absolute atomic E-state index is 0. The lowest BCUT2D eigenvalue weighted by atomic mass is 9.79. The van der Waals surface area contributed by atoms with Crippen molar-refractivity contribution >= 4 is 41.8 Å². The van der Waals surface area contributed by atoms with Crippen molar-refractivity contribution < 1.29 is 18.8 Å². The zero-order valence-corrected chi connectivity index (χ0v) is 24.3. The van der Waals surface area contributed by atoms with Crippen LogP contribution in [0.5, 0.6) is 0 Å². The van der Waals surface area contributed by atoms with Gasteiger partial charge >= 0.3 is 0 Å². The zero-order chi connectivity index (χ0) is 26.1. The zero-order valence-electron chi connectivity index (χ0n) is 22.7. The smallest absolute Gasteiger partial charge is 0.286 e. The van der Waals surface area contributed by atoms with E-state index >= 15 is 0 Å². The number of ketones is 1. The molecular formula is C26H44ClN5O4S. The minimum Gasteiger partial charge on any atom is -0.408 e. The Morgan fingerprint density at radius 2 is 1.70 bits per heavy atom. The number of nitrogens with one attached hydrogen (secondary N) is 2. The first-order valence-corrected chi connectivity index (χ1v) is 14.5. The van der Waals surface area contributed by atoms with Crippen molar-refractivity contribution in [3.05, 3.63) is 5.89 Å². The summed E-state index contributed by atoms with van der Waals surface area (Å²) in [5.41, 5.74) is -0.968. The monoisotopic (exact) mass is 557 g/mol. The first-order valence-electron chi connectivity index (χ1n) is 13.5. The standard InChI is InChI=1S/C26H43N5O4S.ClH/c1-18(2)17-20(21(32)23-29-30-25(35-23)36-16-15-31(3)4)27-24(34)26(13-9-6-10-14-26)28-22(33)19-11-7-5-8-12-19;/h18-20H,5-17H2,1-4H3,(H,27,34)(H,28,33);1H. The molecular weight excluding hydrogens is 514 g/mol. The molecule has 0 saturated heterocycles. The molecule has 1 atom stereocenters. The largest absolute Gasteiger partial charge is 0.408 e. The fourth-order valence-electron chi connectivity index (χ4n) is 5.10. The van der Waals surface area contributed by atoms with E-state index in [1.807, 2.05) is 27.9 Å². The third-order valence-electron chi connectivity index (χ3n) is 7.19. The molecule has 2 aliphatic carbocycles. The van der Waals surface area contributed by atoms with Crippen LogP contribution in [0.15, 0.2) is 9.64 Å². The lowest BCUT2D eigenvalue weighted by Gasteiger charge is -2.39. The Morgan fingerprint density at radius 1 is 1.05 bits per heavy atom. The van der Waals surface area contributed by atoms with Crippen LogP contribution in [0.3, 0.4) is 0 Å². The summed E-state index contributed by atoms with van der Waals surface area (Å²) in [4.78, 5) is 42.3. The summed E-state index contributed by atoms with van der Waals surface area (Å²) in [5, 5.41) is 14.5. The highest BCUT2D eigenvalue weighted by molar-refractivity contribution is 7.99. The van der Waals surface area contributed by atoms with Crippen LogP contribution < -0.4 is 10.6 Å². The fourth-order valence-corrected chi connectivity index (χ4v) is 5.97. The average Bonchev–Trinajstić information content (AvgIpc) is 3.32. The maximum absolute atomic E-state index is 13.7. The maximum atomic E-state index is 13.7. The first-order chi connectivity index (χ1) is 17.2. The third-order valence-corrected chi connectivity index (χ3v) is 7.99. The molecule has 2 N–H and O–H groups in total. The Kier molecular flexibility index (Phi) is 12.9. The molecule has 2 fully saturated rings. The van der Waals surface area contributed by atoms with Crippen LogP contribution in [0.25, 0.3) is 0 Å². The maximum Gasteiger partial charge on any atom is 0.286 e. The predicted molar refractivity (Wildman–Crippen MR) is 147 cm³/mol. The van der Waals surface area contributed by atoms with Gasteiger partial charge in [0.2, 0.25) is 17.6 Å². The molecule has 0 radical (unpaired) electrons. The van der Waals surface area contributed by atoms with E-state index in [0.717, 1.165) is 57.2 Å². The molecule has 9 nitrogen and oxygen atoms in total. The number of thioether (sulfide) groups is 1. The summed E-state index contributed by atoms with van der Waals surface area (Å²) >= 11 is 1.40. The number of hydrogen-bond donors (Lipinski definition) is 2. The van der Waals surface area contributed by atoms with Crippen molar-refractivity contribution in [1.29, 1.82) is 0 Å². The molecule has 0 aromatic carbocycles. The van der Waals surface area contributed by atoms with Gasteiger partial charge < -0.3 is 20.0 Å². The van der Waals surface area contributed by atoms with Crippen molar-refractivity contribution in [2.45, 2.75) is 101 Å². The lowest BCUT2D eigenvalue weighted by molar-refractivity contribution is -0.137. The Morgan fingerprint density at radius 3 is 2.32 bits per heavy atom. The van der Waals surface area contributed by atoms with E-state index in [1.165, 1.54) is 18.2 Å². The van der Waals surface area contributed by atoms with Crippen LogP contribution in [0.2, 0.25) is 0 Å². The highest BCUT2D eigenvalue weighted by Gasteiger charge is 2.43. The summed E-state index contributed by atoms with van der Waals surface area (Å²) in [6.07, 6.45) is 9.45. The highest BCUT2D eigenvalue weighted by atomic mass is 35.5. The predicted octanol–water partition coefficient (Wildman–Crippen LogP) is 4.26. The number of carbonyl (C=O) groups excluding carboxylic acids is 3. The van der Waals surface area contributed by atoms with E-state index in [4.69, 9.17) is 4.42 Å². The number of rotatable bonds is 12. The van der Waals surface area contributed by atoms with Gasteiger partial charge in [0.25, 0.3) is 11.1 Å².